The van der Waals surface area contributed by atoms with Crippen LogP contribution in [0.3, 0.4) is 0 Å². The minimum atomic E-state index is -0.103. The van der Waals surface area contributed by atoms with E-state index in [2.05, 4.69) is 53.0 Å². The summed E-state index contributed by atoms with van der Waals surface area (Å²) in [5.41, 5.74) is 6.41. The zero-order valence-electron chi connectivity index (χ0n) is 19.9. The average Bonchev–Trinajstić information content (AvgIpc) is 3.47. The second-order valence-electron chi connectivity index (χ2n) is 8.88. The largest absolute Gasteiger partial charge is 0.310 e. The van der Waals surface area contributed by atoms with E-state index in [-0.39, 0.29) is 11.7 Å². The number of hydrogen-bond donors (Lipinski definition) is 1. The molecule has 8 heteroatoms. The molecule has 7 nitrogen and oxygen atoms in total. The third-order valence-corrected chi connectivity index (χ3v) is 7.12. The van der Waals surface area contributed by atoms with E-state index in [0.29, 0.717) is 11.9 Å². The van der Waals surface area contributed by atoms with Crippen LogP contribution < -0.4 is 5.32 Å². The predicted octanol–water partition coefficient (Wildman–Crippen LogP) is 5.43. The Kier molecular flexibility index (Phi) is 6.00. The topological polar surface area (TPSA) is 77.6 Å². The summed E-state index contributed by atoms with van der Waals surface area (Å²) in [4.78, 5) is 13.0. The molecule has 0 bridgehead atoms. The molecule has 0 aliphatic heterocycles. The summed E-state index contributed by atoms with van der Waals surface area (Å²) >= 11 is 1.42. The van der Waals surface area contributed by atoms with Gasteiger partial charge in [0.15, 0.2) is 5.16 Å². The molecule has 34 heavy (non-hydrogen) atoms. The van der Waals surface area contributed by atoms with Crippen LogP contribution in [0.4, 0.5) is 5.82 Å². The van der Waals surface area contributed by atoms with E-state index in [1.54, 1.807) is 4.68 Å². The number of thioether (sulfide) groups is 1. The Balaban J connectivity index is 1.41. The Morgan fingerprint density at radius 3 is 2.47 bits per heavy atom. The Morgan fingerprint density at radius 1 is 1.00 bits per heavy atom. The number of rotatable bonds is 7. The fourth-order valence-corrected chi connectivity index (χ4v) is 4.97. The van der Waals surface area contributed by atoms with Crippen LogP contribution in [0.15, 0.2) is 53.7 Å². The second-order valence-corrected chi connectivity index (χ2v) is 9.82. The van der Waals surface area contributed by atoms with Crippen LogP contribution in [0.25, 0.3) is 16.9 Å². The van der Waals surface area contributed by atoms with Gasteiger partial charge in [-0.2, -0.15) is 5.10 Å². The molecule has 174 valence electrons. The second kappa shape index (κ2) is 9.10. The highest BCUT2D eigenvalue weighted by Crippen LogP contribution is 2.38. The molecule has 1 fully saturated rings. The van der Waals surface area contributed by atoms with E-state index in [4.69, 9.17) is 5.10 Å². The summed E-state index contributed by atoms with van der Waals surface area (Å²) in [6.45, 7) is 8.28. The van der Waals surface area contributed by atoms with E-state index in [0.717, 1.165) is 46.3 Å². The third kappa shape index (κ3) is 4.50. The summed E-state index contributed by atoms with van der Waals surface area (Å²) in [7, 11) is 0. The van der Waals surface area contributed by atoms with E-state index >= 15 is 0 Å². The van der Waals surface area contributed by atoms with Gasteiger partial charge < -0.3 is 9.88 Å². The van der Waals surface area contributed by atoms with Gasteiger partial charge in [0.25, 0.3) is 0 Å². The average molecular weight is 473 g/mol. The van der Waals surface area contributed by atoms with Gasteiger partial charge in [-0.05, 0) is 75.4 Å². The van der Waals surface area contributed by atoms with Crippen molar-refractivity contribution in [2.45, 2.75) is 51.7 Å². The van der Waals surface area contributed by atoms with Crippen LogP contribution in [0.5, 0.6) is 0 Å². The smallest absolute Gasteiger partial charge is 0.236 e. The normalized spacial score (nSPS) is 13.3. The molecule has 2 aromatic heterocycles. The van der Waals surface area contributed by atoms with Gasteiger partial charge in [-0.3, -0.25) is 4.79 Å². The number of nitrogens with zero attached hydrogens (tertiary/aromatic N) is 5. The first kappa shape index (κ1) is 22.4. The first-order chi connectivity index (χ1) is 16.4. The number of carbonyl (C=O) groups excluding carboxylic acids is 1. The van der Waals surface area contributed by atoms with Gasteiger partial charge in [-0.1, -0.05) is 36.0 Å². The summed E-state index contributed by atoms with van der Waals surface area (Å²) in [6.07, 6.45) is 2.30. The monoisotopic (exact) mass is 472 g/mol. The van der Waals surface area contributed by atoms with E-state index in [9.17, 15) is 4.79 Å². The zero-order valence-corrected chi connectivity index (χ0v) is 20.7. The molecule has 0 atom stereocenters. The number of hydrogen-bond acceptors (Lipinski definition) is 5. The number of aryl methyl sites for hydroxylation is 4. The van der Waals surface area contributed by atoms with Crippen molar-refractivity contribution >= 4 is 23.5 Å². The van der Waals surface area contributed by atoms with Crippen LogP contribution in [-0.4, -0.2) is 36.2 Å². The Morgan fingerprint density at radius 2 is 1.74 bits per heavy atom. The molecule has 0 saturated heterocycles. The molecule has 1 aliphatic rings. The fraction of sp³-hybridized carbons (Fsp3) is 0.308. The number of nitrogens with one attached hydrogen (secondary N) is 1. The van der Waals surface area contributed by atoms with E-state index < -0.39 is 0 Å². The van der Waals surface area contributed by atoms with Crippen molar-refractivity contribution in [3.05, 3.63) is 71.0 Å². The van der Waals surface area contributed by atoms with Crippen molar-refractivity contribution < 1.29 is 4.79 Å². The van der Waals surface area contributed by atoms with E-state index in [1.807, 2.05) is 43.3 Å². The summed E-state index contributed by atoms with van der Waals surface area (Å²) in [6, 6.07) is 16.6. The van der Waals surface area contributed by atoms with Gasteiger partial charge in [-0.25, -0.2) is 4.68 Å². The van der Waals surface area contributed by atoms with Gasteiger partial charge in [0.05, 0.1) is 17.1 Å². The molecule has 1 N–H and O–H groups in total. The van der Waals surface area contributed by atoms with Crippen molar-refractivity contribution in [1.82, 2.24) is 24.5 Å². The molecular weight excluding hydrogens is 444 g/mol. The first-order valence-corrected chi connectivity index (χ1v) is 12.5. The Bertz CT molecular complexity index is 1350. The highest BCUT2D eigenvalue weighted by molar-refractivity contribution is 7.99. The van der Waals surface area contributed by atoms with Crippen LogP contribution in [0.2, 0.25) is 0 Å². The molecule has 2 heterocycles. The van der Waals surface area contributed by atoms with Gasteiger partial charge in [0.2, 0.25) is 5.91 Å². The minimum absolute atomic E-state index is 0.103. The van der Waals surface area contributed by atoms with Crippen molar-refractivity contribution in [2.75, 3.05) is 11.1 Å². The fourth-order valence-electron chi connectivity index (χ4n) is 4.11. The Labute approximate surface area is 203 Å². The molecule has 2 aromatic carbocycles. The standard InChI is InChI=1S/C26H28N6OS/c1-16-12-18(3)22(13-17(16)2)23-14-24(32(30-23)21-8-6-5-7-9-21)27-25(33)15-34-26-29-28-19(4)31(26)20-10-11-20/h5-9,12-14,20H,10-11,15H2,1-4H3,(H,27,33). The van der Waals surface area contributed by atoms with Gasteiger partial charge >= 0.3 is 0 Å². The molecule has 4 aromatic rings. The van der Waals surface area contributed by atoms with Crippen LogP contribution in [0.1, 0.15) is 41.4 Å². The SMILES string of the molecule is Cc1cc(C)c(-c2cc(NC(=O)CSc3nnc(C)n3C3CC3)n(-c3ccccc3)n2)cc1C. The first-order valence-electron chi connectivity index (χ1n) is 11.5. The van der Waals surface area contributed by atoms with Crippen molar-refractivity contribution in [1.29, 1.82) is 0 Å². The molecule has 1 amide bonds. The van der Waals surface area contributed by atoms with E-state index in [1.165, 1.54) is 22.9 Å². The highest BCUT2D eigenvalue weighted by atomic mass is 32.2. The lowest BCUT2D eigenvalue weighted by molar-refractivity contribution is -0.113. The molecule has 0 radical (unpaired) electrons. The highest BCUT2D eigenvalue weighted by Gasteiger charge is 2.28. The number of para-hydroxylation sites is 1. The number of anilines is 1. The summed E-state index contributed by atoms with van der Waals surface area (Å²) < 4.78 is 3.94. The molecule has 1 saturated carbocycles. The minimum Gasteiger partial charge on any atom is -0.310 e. The number of benzene rings is 2. The molecule has 0 unspecified atom stereocenters. The maximum absolute atomic E-state index is 13.0. The van der Waals surface area contributed by atoms with Crippen LogP contribution in [-0.2, 0) is 4.79 Å². The summed E-state index contributed by atoms with van der Waals surface area (Å²) in [5, 5.41) is 17.2. The number of amides is 1. The number of aromatic nitrogens is 5. The maximum Gasteiger partial charge on any atom is 0.236 e. The van der Waals surface area contributed by atoms with Gasteiger partial charge in [-0.15, -0.1) is 10.2 Å². The van der Waals surface area contributed by atoms with Gasteiger partial charge in [0.1, 0.15) is 11.6 Å². The van der Waals surface area contributed by atoms with Crippen molar-refractivity contribution in [2.24, 2.45) is 0 Å². The van der Waals surface area contributed by atoms with Crippen molar-refractivity contribution in [3.63, 3.8) is 0 Å². The lowest BCUT2D eigenvalue weighted by Gasteiger charge is -2.09. The molecule has 1 aliphatic carbocycles. The summed E-state index contributed by atoms with van der Waals surface area (Å²) in [5.74, 6) is 1.70. The predicted molar refractivity (Wildman–Crippen MR) is 136 cm³/mol. The van der Waals surface area contributed by atoms with Crippen LogP contribution >= 0.6 is 11.8 Å². The molecule has 5 rings (SSSR count). The maximum atomic E-state index is 13.0. The van der Waals surface area contributed by atoms with Crippen LogP contribution in [0, 0.1) is 27.7 Å². The zero-order chi connectivity index (χ0) is 23.8. The lowest BCUT2D eigenvalue weighted by atomic mass is 9.99. The quantitative estimate of drug-likeness (QED) is 0.363. The lowest BCUT2D eigenvalue weighted by Crippen LogP contribution is -2.17. The van der Waals surface area contributed by atoms with Crippen molar-refractivity contribution in [3.8, 4) is 16.9 Å². The third-order valence-electron chi connectivity index (χ3n) is 6.17. The van der Waals surface area contributed by atoms with Gasteiger partial charge in [0, 0.05) is 17.7 Å². The molecule has 0 spiro atoms. The number of carbonyl (C=O) groups is 1. The Hall–Kier alpha value is -3.39. The molecular formula is C26H28N6OS.